The molecule has 6 nitrogen and oxygen atoms in total. The van der Waals surface area contributed by atoms with Gasteiger partial charge < -0.3 is 10.0 Å². The molecule has 1 aromatic carbocycles. The zero-order valence-electron chi connectivity index (χ0n) is 22.5. The van der Waals surface area contributed by atoms with Gasteiger partial charge in [0, 0.05) is 37.0 Å². The Morgan fingerprint density at radius 3 is 2.67 bits per heavy atom. The van der Waals surface area contributed by atoms with E-state index in [0.717, 1.165) is 75.1 Å². The van der Waals surface area contributed by atoms with Crippen molar-refractivity contribution < 1.29 is 14.3 Å². The Morgan fingerprint density at radius 2 is 1.95 bits per heavy atom. The number of carboxylic acids is 1. The first-order valence-corrected chi connectivity index (χ1v) is 14.7. The molecule has 2 aliphatic carbocycles. The molecule has 2 saturated carbocycles. The van der Waals surface area contributed by atoms with Gasteiger partial charge in [-0.15, -0.1) is 0 Å². The summed E-state index contributed by atoms with van der Waals surface area (Å²) in [7, 11) is 0. The molecular formula is C32H39FN4O2. The molecular weight excluding hydrogens is 491 g/mol. The molecule has 3 aromatic rings. The van der Waals surface area contributed by atoms with E-state index >= 15 is 0 Å². The minimum atomic E-state index is -0.645. The van der Waals surface area contributed by atoms with Crippen molar-refractivity contribution in [3.8, 4) is 0 Å². The van der Waals surface area contributed by atoms with Crippen molar-refractivity contribution in [1.29, 1.82) is 0 Å². The van der Waals surface area contributed by atoms with Crippen LogP contribution < -0.4 is 0 Å². The van der Waals surface area contributed by atoms with E-state index in [2.05, 4.69) is 32.2 Å². The van der Waals surface area contributed by atoms with Crippen LogP contribution in [0.4, 0.5) is 4.39 Å². The topological polar surface area (TPSA) is 82.1 Å². The fourth-order valence-corrected chi connectivity index (χ4v) is 7.20. The number of aromatic nitrogens is 3. The molecule has 206 valence electrons. The molecule has 1 saturated heterocycles. The monoisotopic (exact) mass is 530 g/mol. The van der Waals surface area contributed by atoms with Crippen LogP contribution in [0.3, 0.4) is 0 Å². The standard InChI is InChI=1S/C32H39FN4O2/c33-27-5-1-4-24(16-27)29-17-25(30(32(38)39)14-21-6-7-21)15-26(29)20-37-11-8-23(9-12-37)31-18-28(35-36-31)13-22-3-2-10-34-19-22/h1-5,10,16,18-19,21,23,25-26,29-30H,6-9,11-15,17,20H2,(H,35,36)(H,38,39)/t25?,26?,29?,30-/m0/s1. The van der Waals surface area contributed by atoms with Crippen molar-refractivity contribution in [2.75, 3.05) is 19.6 Å². The molecule has 0 bridgehead atoms. The Labute approximate surface area is 230 Å². The summed E-state index contributed by atoms with van der Waals surface area (Å²) in [6.07, 6.45) is 11.5. The van der Waals surface area contributed by atoms with Crippen LogP contribution in [0.15, 0.2) is 54.9 Å². The Bertz CT molecular complexity index is 1250. The molecule has 1 aliphatic heterocycles. The highest BCUT2D eigenvalue weighted by molar-refractivity contribution is 5.70. The minimum Gasteiger partial charge on any atom is -0.481 e. The lowest BCUT2D eigenvalue weighted by atomic mass is 9.85. The summed E-state index contributed by atoms with van der Waals surface area (Å²) in [4.78, 5) is 19.0. The third-order valence-corrected chi connectivity index (χ3v) is 9.45. The molecule has 3 unspecified atom stereocenters. The van der Waals surface area contributed by atoms with Gasteiger partial charge in [0.05, 0.1) is 11.6 Å². The van der Waals surface area contributed by atoms with E-state index in [9.17, 15) is 14.3 Å². The SMILES string of the molecule is O=C(O)[C@@H](CC1CC1)C1CC(CN2CCC(c3cc(Cc4cccnc4)[nH]n3)CC2)C(c2cccc(F)c2)C1. The highest BCUT2D eigenvalue weighted by atomic mass is 19.1. The summed E-state index contributed by atoms with van der Waals surface area (Å²) in [6.45, 7) is 2.97. The first kappa shape index (κ1) is 26.2. The van der Waals surface area contributed by atoms with Crippen molar-refractivity contribution in [3.05, 3.63) is 83.2 Å². The van der Waals surface area contributed by atoms with Gasteiger partial charge in [0.25, 0.3) is 0 Å². The lowest BCUT2D eigenvalue weighted by Crippen LogP contribution is -2.37. The number of benzene rings is 1. The number of hydrogen-bond donors (Lipinski definition) is 2. The van der Waals surface area contributed by atoms with Gasteiger partial charge in [0.15, 0.2) is 0 Å². The van der Waals surface area contributed by atoms with Crippen LogP contribution in [-0.4, -0.2) is 50.8 Å². The van der Waals surface area contributed by atoms with Crippen LogP contribution in [0.5, 0.6) is 0 Å². The maximum atomic E-state index is 14.2. The van der Waals surface area contributed by atoms with E-state index in [-0.39, 0.29) is 23.6 Å². The van der Waals surface area contributed by atoms with Crippen LogP contribution >= 0.6 is 0 Å². The molecule has 7 heteroatoms. The van der Waals surface area contributed by atoms with E-state index in [4.69, 9.17) is 0 Å². The second-order valence-electron chi connectivity index (χ2n) is 12.2. The van der Waals surface area contributed by atoms with Crippen LogP contribution in [0, 0.1) is 29.5 Å². The zero-order chi connectivity index (χ0) is 26.8. The van der Waals surface area contributed by atoms with E-state index < -0.39 is 5.97 Å². The lowest BCUT2D eigenvalue weighted by molar-refractivity contribution is -0.144. The van der Waals surface area contributed by atoms with Gasteiger partial charge in [-0.1, -0.05) is 31.0 Å². The number of nitrogens with one attached hydrogen (secondary N) is 1. The minimum absolute atomic E-state index is 0.168. The number of rotatable bonds is 10. The molecule has 4 atom stereocenters. The Kier molecular flexibility index (Phi) is 7.78. The van der Waals surface area contributed by atoms with Gasteiger partial charge >= 0.3 is 5.97 Å². The molecule has 3 fully saturated rings. The third kappa shape index (κ3) is 6.40. The molecule has 3 aliphatic rings. The number of aromatic amines is 1. The lowest BCUT2D eigenvalue weighted by Gasteiger charge is -2.34. The molecule has 0 amide bonds. The summed E-state index contributed by atoms with van der Waals surface area (Å²) < 4.78 is 14.2. The maximum absolute atomic E-state index is 14.2. The number of halogens is 1. The number of pyridine rings is 1. The van der Waals surface area contributed by atoms with E-state index in [0.29, 0.717) is 17.8 Å². The quantitative estimate of drug-likeness (QED) is 0.335. The summed E-state index contributed by atoms with van der Waals surface area (Å²) >= 11 is 0. The van der Waals surface area contributed by atoms with E-state index in [1.54, 1.807) is 18.3 Å². The third-order valence-electron chi connectivity index (χ3n) is 9.45. The number of piperidine rings is 1. The second kappa shape index (κ2) is 11.6. The fraction of sp³-hybridized carbons (Fsp3) is 0.531. The van der Waals surface area contributed by atoms with Gasteiger partial charge in [0.2, 0.25) is 0 Å². The highest BCUT2D eigenvalue weighted by Crippen LogP contribution is 2.49. The van der Waals surface area contributed by atoms with Gasteiger partial charge in [-0.2, -0.15) is 5.10 Å². The van der Waals surface area contributed by atoms with Gasteiger partial charge in [0.1, 0.15) is 5.82 Å². The summed E-state index contributed by atoms with van der Waals surface area (Å²) in [5.41, 5.74) is 4.48. The number of hydrogen-bond acceptors (Lipinski definition) is 4. The van der Waals surface area contributed by atoms with Crippen molar-refractivity contribution in [2.24, 2.45) is 23.7 Å². The molecule has 3 heterocycles. The molecule has 0 spiro atoms. The maximum Gasteiger partial charge on any atom is 0.306 e. The Balaban J connectivity index is 1.09. The van der Waals surface area contributed by atoms with E-state index in [1.165, 1.54) is 24.5 Å². The van der Waals surface area contributed by atoms with Gasteiger partial charge in [-0.3, -0.25) is 14.9 Å². The van der Waals surface area contributed by atoms with Crippen molar-refractivity contribution in [1.82, 2.24) is 20.1 Å². The number of carbonyl (C=O) groups is 1. The molecule has 2 N–H and O–H groups in total. The molecule has 2 aromatic heterocycles. The highest BCUT2D eigenvalue weighted by Gasteiger charge is 2.43. The van der Waals surface area contributed by atoms with Crippen LogP contribution in [0.2, 0.25) is 0 Å². The predicted molar refractivity (Wildman–Crippen MR) is 148 cm³/mol. The largest absolute Gasteiger partial charge is 0.481 e. The number of nitrogens with zero attached hydrogens (tertiary/aromatic N) is 3. The number of aliphatic carboxylic acids is 1. The Hall–Kier alpha value is -3.06. The molecule has 0 radical (unpaired) electrons. The first-order valence-electron chi connectivity index (χ1n) is 14.7. The smallest absolute Gasteiger partial charge is 0.306 e. The van der Waals surface area contributed by atoms with E-state index in [1.807, 2.05) is 18.3 Å². The van der Waals surface area contributed by atoms with Crippen molar-refractivity contribution in [2.45, 2.75) is 63.2 Å². The molecule has 39 heavy (non-hydrogen) atoms. The average molecular weight is 531 g/mol. The van der Waals surface area contributed by atoms with Gasteiger partial charge in [-0.25, -0.2) is 4.39 Å². The van der Waals surface area contributed by atoms with Crippen molar-refractivity contribution in [3.63, 3.8) is 0 Å². The first-order chi connectivity index (χ1) is 19.0. The number of likely N-dealkylation sites (tertiary alicyclic amines) is 1. The van der Waals surface area contributed by atoms with Crippen LogP contribution in [0.1, 0.15) is 79.3 Å². The zero-order valence-corrected chi connectivity index (χ0v) is 22.5. The molecule has 6 rings (SSSR count). The summed E-state index contributed by atoms with van der Waals surface area (Å²) in [6, 6.07) is 13.3. The second-order valence-corrected chi connectivity index (χ2v) is 12.2. The number of H-pyrrole nitrogens is 1. The summed E-state index contributed by atoms with van der Waals surface area (Å²) in [5.74, 6) is 0.648. The van der Waals surface area contributed by atoms with Crippen molar-refractivity contribution >= 4 is 5.97 Å². The normalized spacial score (nSPS) is 25.1. The Morgan fingerprint density at radius 1 is 1.10 bits per heavy atom. The van der Waals surface area contributed by atoms with Crippen LogP contribution in [-0.2, 0) is 11.2 Å². The van der Waals surface area contributed by atoms with Crippen LogP contribution in [0.25, 0.3) is 0 Å². The fourth-order valence-electron chi connectivity index (χ4n) is 7.20. The number of carboxylic acid groups (broad SMARTS) is 1. The predicted octanol–water partition coefficient (Wildman–Crippen LogP) is 6.02. The average Bonchev–Trinajstić information content (AvgIpc) is 3.49. The summed E-state index contributed by atoms with van der Waals surface area (Å²) in [5, 5.41) is 17.9. The van der Waals surface area contributed by atoms with Gasteiger partial charge in [-0.05, 0) is 104 Å².